The van der Waals surface area contributed by atoms with Crippen LogP contribution in [0.3, 0.4) is 0 Å². The van der Waals surface area contributed by atoms with E-state index < -0.39 is 0 Å². The van der Waals surface area contributed by atoms with E-state index in [9.17, 15) is 4.39 Å². The number of thiocarbonyl (C=S) groups is 1. The van der Waals surface area contributed by atoms with E-state index in [-0.39, 0.29) is 5.82 Å². The van der Waals surface area contributed by atoms with Gasteiger partial charge in [-0.1, -0.05) is 47.6 Å². The summed E-state index contributed by atoms with van der Waals surface area (Å²) in [4.78, 5) is 2.15. The summed E-state index contributed by atoms with van der Waals surface area (Å²) in [5.74, 6) is -0.248. The van der Waals surface area contributed by atoms with Crippen LogP contribution in [0.25, 0.3) is 0 Å². The van der Waals surface area contributed by atoms with E-state index >= 15 is 0 Å². The van der Waals surface area contributed by atoms with Gasteiger partial charge in [-0.15, -0.1) is 0 Å². The van der Waals surface area contributed by atoms with E-state index in [1.54, 1.807) is 23.9 Å². The summed E-state index contributed by atoms with van der Waals surface area (Å²) < 4.78 is 13.0. The van der Waals surface area contributed by atoms with Crippen molar-refractivity contribution in [2.24, 2.45) is 0 Å². The van der Waals surface area contributed by atoms with Gasteiger partial charge in [-0.05, 0) is 66.3 Å². The highest BCUT2D eigenvalue weighted by atomic mass is 35.5. The highest BCUT2D eigenvalue weighted by molar-refractivity contribution is 7.99. The SMILES string of the molecule is Fc1ccc(CNC(=S)Nc2ccccc2Sc2ccc(Cl)cc2)cc1. The van der Waals surface area contributed by atoms with Gasteiger partial charge < -0.3 is 10.6 Å². The van der Waals surface area contributed by atoms with Gasteiger partial charge in [0.25, 0.3) is 0 Å². The Balaban J connectivity index is 1.62. The van der Waals surface area contributed by atoms with Gasteiger partial charge in [-0.25, -0.2) is 4.39 Å². The Bertz CT molecular complexity index is 883. The number of halogens is 2. The van der Waals surface area contributed by atoms with Gasteiger partial charge in [0.2, 0.25) is 0 Å². The summed E-state index contributed by atoms with van der Waals surface area (Å²) in [5, 5.41) is 7.59. The highest BCUT2D eigenvalue weighted by Gasteiger charge is 2.06. The minimum Gasteiger partial charge on any atom is -0.358 e. The first-order chi connectivity index (χ1) is 12.6. The van der Waals surface area contributed by atoms with Gasteiger partial charge in [-0.2, -0.15) is 0 Å². The lowest BCUT2D eigenvalue weighted by molar-refractivity contribution is 0.627. The highest BCUT2D eigenvalue weighted by Crippen LogP contribution is 2.33. The predicted octanol–water partition coefficient (Wildman–Crippen LogP) is 6.12. The Hall–Kier alpha value is -2.08. The van der Waals surface area contributed by atoms with Crippen molar-refractivity contribution in [1.29, 1.82) is 0 Å². The Morgan fingerprint density at radius 2 is 1.65 bits per heavy atom. The Morgan fingerprint density at radius 3 is 2.38 bits per heavy atom. The molecular weight excluding hydrogens is 387 g/mol. The minimum absolute atomic E-state index is 0.248. The Kier molecular flexibility index (Phi) is 6.50. The number of rotatable bonds is 5. The van der Waals surface area contributed by atoms with Gasteiger partial charge in [-0.3, -0.25) is 0 Å². The lowest BCUT2D eigenvalue weighted by atomic mass is 10.2. The first kappa shape index (κ1) is 18.7. The van der Waals surface area contributed by atoms with Crippen LogP contribution in [-0.2, 0) is 6.54 Å². The van der Waals surface area contributed by atoms with Crippen molar-refractivity contribution in [3.05, 3.63) is 89.2 Å². The van der Waals surface area contributed by atoms with E-state index in [0.717, 1.165) is 21.0 Å². The maximum absolute atomic E-state index is 13.0. The Morgan fingerprint density at radius 1 is 0.962 bits per heavy atom. The minimum atomic E-state index is -0.248. The van der Waals surface area contributed by atoms with Gasteiger partial charge in [0.1, 0.15) is 5.82 Å². The second-order valence-electron chi connectivity index (χ2n) is 5.49. The van der Waals surface area contributed by atoms with E-state index in [2.05, 4.69) is 10.6 Å². The maximum atomic E-state index is 13.0. The van der Waals surface area contributed by atoms with Gasteiger partial charge in [0, 0.05) is 21.4 Å². The average Bonchev–Trinajstić information content (AvgIpc) is 2.65. The predicted molar refractivity (Wildman–Crippen MR) is 111 cm³/mol. The van der Waals surface area contributed by atoms with Crippen LogP contribution in [0.5, 0.6) is 0 Å². The van der Waals surface area contributed by atoms with E-state index in [1.807, 2.05) is 48.5 Å². The third-order valence-corrected chi connectivity index (χ3v) is 5.13. The molecule has 0 aliphatic heterocycles. The first-order valence-corrected chi connectivity index (χ1v) is 9.52. The topological polar surface area (TPSA) is 24.1 Å². The quantitative estimate of drug-likeness (QED) is 0.502. The molecule has 0 spiro atoms. The second kappa shape index (κ2) is 9.03. The molecule has 0 fully saturated rings. The van der Waals surface area contributed by atoms with Crippen LogP contribution >= 0.6 is 35.6 Å². The zero-order valence-electron chi connectivity index (χ0n) is 13.7. The lowest BCUT2D eigenvalue weighted by Gasteiger charge is -2.14. The Labute approximate surface area is 166 Å². The standard InChI is InChI=1S/C20H16ClFN2S2/c21-15-7-11-17(12-8-15)26-19-4-2-1-3-18(19)24-20(25)23-13-14-5-9-16(22)10-6-14/h1-12H,13H2,(H2,23,24,25). The van der Waals surface area contributed by atoms with Gasteiger partial charge >= 0.3 is 0 Å². The fourth-order valence-electron chi connectivity index (χ4n) is 2.24. The number of nitrogens with one attached hydrogen (secondary N) is 2. The molecule has 0 atom stereocenters. The zero-order valence-corrected chi connectivity index (χ0v) is 16.1. The lowest BCUT2D eigenvalue weighted by Crippen LogP contribution is -2.28. The van der Waals surface area contributed by atoms with Crippen LogP contribution in [0.2, 0.25) is 5.02 Å². The molecule has 2 nitrogen and oxygen atoms in total. The molecular formula is C20H16ClFN2S2. The van der Waals surface area contributed by atoms with Crippen LogP contribution in [-0.4, -0.2) is 5.11 Å². The fraction of sp³-hybridized carbons (Fsp3) is 0.0500. The summed E-state index contributed by atoms with van der Waals surface area (Å²) in [6.07, 6.45) is 0. The largest absolute Gasteiger partial charge is 0.358 e. The van der Waals surface area contributed by atoms with E-state index in [4.69, 9.17) is 23.8 Å². The second-order valence-corrected chi connectivity index (χ2v) is 7.45. The molecule has 3 rings (SSSR count). The van der Waals surface area contributed by atoms with Crippen LogP contribution in [0, 0.1) is 5.82 Å². The summed E-state index contributed by atoms with van der Waals surface area (Å²) in [7, 11) is 0. The van der Waals surface area contributed by atoms with E-state index in [0.29, 0.717) is 16.7 Å². The van der Waals surface area contributed by atoms with Crippen LogP contribution in [0.15, 0.2) is 82.6 Å². The fourth-order valence-corrected chi connectivity index (χ4v) is 3.45. The van der Waals surface area contributed by atoms with Gasteiger partial charge in [0.05, 0.1) is 5.69 Å². The smallest absolute Gasteiger partial charge is 0.171 e. The van der Waals surface area contributed by atoms with Crippen molar-refractivity contribution < 1.29 is 4.39 Å². The third kappa shape index (κ3) is 5.46. The van der Waals surface area contributed by atoms with Crippen molar-refractivity contribution >= 4 is 46.4 Å². The first-order valence-electron chi connectivity index (χ1n) is 7.92. The molecule has 0 unspecified atom stereocenters. The molecule has 0 saturated heterocycles. The molecule has 6 heteroatoms. The average molecular weight is 403 g/mol. The molecule has 0 bridgehead atoms. The summed E-state index contributed by atoms with van der Waals surface area (Å²) >= 11 is 13.0. The molecule has 0 aliphatic carbocycles. The molecule has 26 heavy (non-hydrogen) atoms. The molecule has 0 saturated carbocycles. The summed E-state index contributed by atoms with van der Waals surface area (Å²) in [5.41, 5.74) is 1.88. The molecule has 3 aromatic rings. The van der Waals surface area contributed by atoms with Crippen molar-refractivity contribution in [2.45, 2.75) is 16.3 Å². The number of anilines is 1. The van der Waals surface area contributed by atoms with Gasteiger partial charge in [0.15, 0.2) is 5.11 Å². The van der Waals surface area contributed by atoms with Crippen LogP contribution in [0.1, 0.15) is 5.56 Å². The molecule has 2 N–H and O–H groups in total. The molecule has 132 valence electrons. The zero-order chi connectivity index (χ0) is 18.4. The van der Waals surface area contributed by atoms with Crippen LogP contribution in [0.4, 0.5) is 10.1 Å². The van der Waals surface area contributed by atoms with Crippen molar-refractivity contribution in [3.63, 3.8) is 0 Å². The van der Waals surface area contributed by atoms with Crippen LogP contribution < -0.4 is 10.6 Å². The maximum Gasteiger partial charge on any atom is 0.171 e. The number of hydrogen-bond acceptors (Lipinski definition) is 2. The third-order valence-electron chi connectivity index (χ3n) is 3.54. The monoisotopic (exact) mass is 402 g/mol. The molecule has 0 aromatic heterocycles. The van der Waals surface area contributed by atoms with E-state index in [1.165, 1.54) is 12.1 Å². The molecule has 0 aliphatic rings. The molecule has 0 heterocycles. The van der Waals surface area contributed by atoms with Crippen molar-refractivity contribution in [2.75, 3.05) is 5.32 Å². The molecule has 0 amide bonds. The number of hydrogen-bond donors (Lipinski definition) is 2. The molecule has 0 radical (unpaired) electrons. The summed E-state index contributed by atoms with van der Waals surface area (Å²) in [6.45, 7) is 0.526. The van der Waals surface area contributed by atoms with Crippen molar-refractivity contribution in [3.8, 4) is 0 Å². The number of benzene rings is 3. The summed E-state index contributed by atoms with van der Waals surface area (Å²) in [6, 6.07) is 22.0. The van der Waals surface area contributed by atoms with Crippen molar-refractivity contribution in [1.82, 2.24) is 5.32 Å². The number of para-hydroxylation sites is 1. The normalized spacial score (nSPS) is 10.4. The molecule has 3 aromatic carbocycles.